The van der Waals surface area contributed by atoms with E-state index in [1.807, 2.05) is 0 Å². The Labute approximate surface area is 108 Å². The topological polar surface area (TPSA) is 46.3 Å². The number of piperidine rings is 1. The normalized spacial score (nSPS) is 17.2. The van der Waals surface area contributed by atoms with Crippen molar-refractivity contribution in [3.63, 3.8) is 0 Å². The molecule has 1 aromatic rings. The van der Waals surface area contributed by atoms with E-state index in [9.17, 15) is 9.18 Å². The molecule has 17 heavy (non-hydrogen) atoms. The third kappa shape index (κ3) is 2.66. The van der Waals surface area contributed by atoms with Crippen molar-refractivity contribution in [1.82, 2.24) is 4.90 Å². The highest BCUT2D eigenvalue weighted by Gasteiger charge is 2.25. The fourth-order valence-electron chi connectivity index (χ4n) is 1.96. The zero-order valence-corrected chi connectivity index (χ0v) is 10.9. The van der Waals surface area contributed by atoms with Gasteiger partial charge in [0.2, 0.25) is 0 Å². The van der Waals surface area contributed by atoms with Crippen LogP contribution < -0.4 is 5.73 Å². The van der Waals surface area contributed by atoms with Crippen LogP contribution in [0.3, 0.4) is 0 Å². The average Bonchev–Trinajstić information content (AvgIpc) is 2.29. The lowest BCUT2D eigenvalue weighted by molar-refractivity contribution is 0.0709. The Morgan fingerprint density at radius 2 is 2.06 bits per heavy atom. The number of nitrogens with two attached hydrogens (primary N) is 1. The van der Waals surface area contributed by atoms with Crippen LogP contribution in [0, 0.1) is 5.82 Å². The monoisotopic (exact) mass is 300 g/mol. The summed E-state index contributed by atoms with van der Waals surface area (Å²) in [5.41, 5.74) is 5.89. The summed E-state index contributed by atoms with van der Waals surface area (Å²) in [7, 11) is 0. The Morgan fingerprint density at radius 1 is 1.41 bits per heavy atom. The van der Waals surface area contributed by atoms with Crippen molar-refractivity contribution in [3.05, 3.63) is 34.1 Å². The molecule has 3 nitrogen and oxygen atoms in total. The Morgan fingerprint density at radius 3 is 2.65 bits per heavy atom. The van der Waals surface area contributed by atoms with Gasteiger partial charge in [0.15, 0.2) is 0 Å². The molecule has 5 heteroatoms. The van der Waals surface area contributed by atoms with Gasteiger partial charge in [-0.15, -0.1) is 0 Å². The quantitative estimate of drug-likeness (QED) is 0.864. The first-order valence-corrected chi connectivity index (χ1v) is 6.37. The van der Waals surface area contributed by atoms with Gasteiger partial charge < -0.3 is 10.6 Å². The molecule has 92 valence electrons. The van der Waals surface area contributed by atoms with E-state index in [1.165, 1.54) is 6.07 Å². The first kappa shape index (κ1) is 12.5. The fraction of sp³-hybridized carbons (Fsp3) is 0.417. The van der Waals surface area contributed by atoms with E-state index in [4.69, 9.17) is 5.73 Å². The van der Waals surface area contributed by atoms with Crippen LogP contribution in [0.15, 0.2) is 22.7 Å². The van der Waals surface area contributed by atoms with Crippen LogP contribution in [-0.4, -0.2) is 29.9 Å². The summed E-state index contributed by atoms with van der Waals surface area (Å²) in [6, 6.07) is 4.70. The Balaban J connectivity index is 2.20. The molecule has 1 aromatic carbocycles. The van der Waals surface area contributed by atoms with Crippen LogP contribution in [0.25, 0.3) is 0 Å². The van der Waals surface area contributed by atoms with Gasteiger partial charge in [0.1, 0.15) is 5.82 Å². The fourth-order valence-corrected chi connectivity index (χ4v) is 2.47. The van der Waals surface area contributed by atoms with Crippen LogP contribution in [0.2, 0.25) is 0 Å². The molecule has 0 atom stereocenters. The third-order valence-electron chi connectivity index (χ3n) is 3.00. The predicted octanol–water partition coefficient (Wildman–Crippen LogP) is 2.15. The van der Waals surface area contributed by atoms with Crippen LogP contribution in [-0.2, 0) is 0 Å². The highest BCUT2D eigenvalue weighted by Crippen LogP contribution is 2.22. The number of benzene rings is 1. The van der Waals surface area contributed by atoms with Crippen LogP contribution >= 0.6 is 15.9 Å². The SMILES string of the molecule is NC1CCN(C(=O)c2c(F)cccc2Br)CC1. The van der Waals surface area contributed by atoms with Crippen molar-refractivity contribution >= 4 is 21.8 Å². The standard InChI is InChI=1S/C12H14BrFN2O/c13-9-2-1-3-10(14)11(9)12(17)16-6-4-8(15)5-7-16/h1-3,8H,4-7,15H2. The van der Waals surface area contributed by atoms with Gasteiger partial charge in [-0.1, -0.05) is 6.07 Å². The molecule has 0 radical (unpaired) electrons. The van der Waals surface area contributed by atoms with Gasteiger partial charge >= 0.3 is 0 Å². The van der Waals surface area contributed by atoms with E-state index < -0.39 is 5.82 Å². The number of halogens is 2. The molecule has 0 unspecified atom stereocenters. The number of amides is 1. The van der Waals surface area contributed by atoms with E-state index in [1.54, 1.807) is 17.0 Å². The number of carbonyl (C=O) groups excluding carboxylic acids is 1. The molecule has 2 N–H and O–H groups in total. The summed E-state index contributed by atoms with van der Waals surface area (Å²) in [5, 5.41) is 0. The molecule has 0 aromatic heterocycles. The molecule has 0 saturated carbocycles. The van der Waals surface area contributed by atoms with Gasteiger partial charge in [0.25, 0.3) is 5.91 Å². The zero-order valence-electron chi connectivity index (χ0n) is 9.33. The number of nitrogens with zero attached hydrogens (tertiary/aromatic N) is 1. The maximum Gasteiger partial charge on any atom is 0.257 e. The van der Waals surface area contributed by atoms with Crippen LogP contribution in [0.5, 0.6) is 0 Å². The van der Waals surface area contributed by atoms with E-state index in [0.29, 0.717) is 17.6 Å². The Hall–Kier alpha value is -0.940. The molecule has 1 amide bonds. The predicted molar refractivity (Wildman–Crippen MR) is 67.2 cm³/mol. The number of hydrogen-bond donors (Lipinski definition) is 1. The molecular weight excluding hydrogens is 287 g/mol. The van der Waals surface area contributed by atoms with Crippen LogP contribution in [0.4, 0.5) is 4.39 Å². The molecule has 1 aliphatic heterocycles. The Bertz CT molecular complexity index is 410. The number of likely N-dealkylation sites (tertiary alicyclic amines) is 1. The lowest BCUT2D eigenvalue weighted by Crippen LogP contribution is -2.43. The minimum Gasteiger partial charge on any atom is -0.338 e. The molecule has 1 heterocycles. The summed E-state index contributed by atoms with van der Waals surface area (Å²) >= 11 is 3.21. The third-order valence-corrected chi connectivity index (χ3v) is 3.66. The molecule has 1 aliphatic rings. The van der Waals surface area contributed by atoms with Gasteiger partial charge in [0, 0.05) is 23.6 Å². The average molecular weight is 301 g/mol. The molecule has 1 fully saturated rings. The summed E-state index contributed by atoms with van der Waals surface area (Å²) in [6.07, 6.45) is 1.55. The second-order valence-electron chi connectivity index (χ2n) is 4.23. The highest BCUT2D eigenvalue weighted by atomic mass is 79.9. The molecular formula is C12H14BrFN2O. The van der Waals surface area contributed by atoms with E-state index in [0.717, 1.165) is 12.8 Å². The van der Waals surface area contributed by atoms with Gasteiger partial charge in [-0.2, -0.15) is 0 Å². The van der Waals surface area contributed by atoms with E-state index in [-0.39, 0.29) is 17.5 Å². The first-order chi connectivity index (χ1) is 8.09. The Kier molecular flexibility index (Phi) is 3.79. The summed E-state index contributed by atoms with van der Waals surface area (Å²) in [6.45, 7) is 1.20. The summed E-state index contributed by atoms with van der Waals surface area (Å²) < 4.78 is 14.1. The van der Waals surface area contributed by atoms with E-state index >= 15 is 0 Å². The van der Waals surface area contributed by atoms with Gasteiger partial charge in [-0.3, -0.25) is 4.79 Å². The van der Waals surface area contributed by atoms with Gasteiger partial charge in [0.05, 0.1) is 5.56 Å². The van der Waals surface area contributed by atoms with Crippen molar-refractivity contribution in [1.29, 1.82) is 0 Å². The lowest BCUT2D eigenvalue weighted by atomic mass is 10.0. The number of rotatable bonds is 1. The smallest absolute Gasteiger partial charge is 0.257 e. The van der Waals surface area contributed by atoms with Crippen molar-refractivity contribution in [2.24, 2.45) is 5.73 Å². The molecule has 0 aliphatic carbocycles. The van der Waals surface area contributed by atoms with Crippen molar-refractivity contribution < 1.29 is 9.18 Å². The lowest BCUT2D eigenvalue weighted by Gasteiger charge is -2.30. The maximum absolute atomic E-state index is 13.6. The van der Waals surface area contributed by atoms with Crippen LogP contribution in [0.1, 0.15) is 23.2 Å². The number of carbonyl (C=O) groups is 1. The van der Waals surface area contributed by atoms with E-state index in [2.05, 4.69) is 15.9 Å². The molecule has 0 bridgehead atoms. The molecule has 1 saturated heterocycles. The summed E-state index contributed by atoms with van der Waals surface area (Å²) in [4.78, 5) is 13.8. The zero-order chi connectivity index (χ0) is 12.4. The highest BCUT2D eigenvalue weighted by molar-refractivity contribution is 9.10. The van der Waals surface area contributed by atoms with Crippen molar-refractivity contribution in [3.8, 4) is 0 Å². The number of hydrogen-bond acceptors (Lipinski definition) is 2. The molecule has 0 spiro atoms. The van der Waals surface area contributed by atoms with Crippen molar-refractivity contribution in [2.45, 2.75) is 18.9 Å². The van der Waals surface area contributed by atoms with Crippen molar-refractivity contribution in [2.75, 3.05) is 13.1 Å². The molecule has 2 rings (SSSR count). The minimum absolute atomic E-state index is 0.114. The summed E-state index contributed by atoms with van der Waals surface area (Å²) in [5.74, 6) is -0.749. The minimum atomic E-state index is -0.487. The maximum atomic E-state index is 13.6. The largest absolute Gasteiger partial charge is 0.338 e. The second-order valence-corrected chi connectivity index (χ2v) is 5.08. The van der Waals surface area contributed by atoms with Gasteiger partial charge in [-0.05, 0) is 40.9 Å². The first-order valence-electron chi connectivity index (χ1n) is 5.58. The van der Waals surface area contributed by atoms with Gasteiger partial charge in [-0.25, -0.2) is 4.39 Å². The second kappa shape index (κ2) is 5.14.